The Morgan fingerprint density at radius 2 is 1.96 bits per heavy atom. The lowest BCUT2D eigenvalue weighted by Gasteiger charge is -2.25. The Morgan fingerprint density at radius 3 is 2.46 bits per heavy atom. The first kappa shape index (κ1) is 24.5. The number of carbonyl (C=O) groups excluding carboxylic acids is 1. The van der Waals surface area contributed by atoms with Crippen molar-refractivity contribution < 1.29 is 24.5 Å². The molecule has 1 aromatic rings. The normalized spacial score (nSPS) is 14.0. The zero-order valence-electron chi connectivity index (χ0n) is 16.8. The number of benzene rings is 1. The van der Waals surface area contributed by atoms with Gasteiger partial charge in [0.05, 0.1) is 30.9 Å². The number of carbonyl (C=O) groups is 1. The van der Waals surface area contributed by atoms with Gasteiger partial charge in [0.15, 0.2) is 0 Å². The van der Waals surface area contributed by atoms with E-state index in [0.29, 0.717) is 16.8 Å². The van der Waals surface area contributed by atoms with E-state index in [-0.39, 0.29) is 40.5 Å². The van der Waals surface area contributed by atoms with Gasteiger partial charge in [-0.05, 0) is 31.4 Å². The van der Waals surface area contributed by atoms with Crippen molar-refractivity contribution in [3.63, 3.8) is 0 Å². The molecule has 2 N–H and O–H groups in total. The third kappa shape index (κ3) is 6.50. The monoisotopic (exact) mass is 475 g/mol. The summed E-state index contributed by atoms with van der Waals surface area (Å²) >= 11 is 9.71. The third-order valence-electron chi connectivity index (χ3n) is 3.87. The molecule has 0 aliphatic heterocycles. The zero-order chi connectivity index (χ0) is 21.5. The molecule has 0 fully saturated rings. The number of nitrogens with zero attached hydrogens (tertiary/aromatic N) is 1. The van der Waals surface area contributed by atoms with Crippen LogP contribution in [0.25, 0.3) is 5.76 Å². The summed E-state index contributed by atoms with van der Waals surface area (Å²) in [6, 6.07) is 2.77. The summed E-state index contributed by atoms with van der Waals surface area (Å²) in [5, 5.41) is 20.6. The second-order valence-electron chi connectivity index (χ2n) is 7.02. The van der Waals surface area contributed by atoms with Crippen molar-refractivity contribution in [2.24, 2.45) is 10.4 Å². The van der Waals surface area contributed by atoms with E-state index >= 15 is 0 Å². The third-order valence-corrected chi connectivity index (χ3v) is 4.71. The molecular formula is C20H27BrClNO5. The van der Waals surface area contributed by atoms with E-state index in [2.05, 4.69) is 20.9 Å². The largest absolute Gasteiger partial charge is 0.506 e. The number of ether oxygens (including phenoxy) is 2. The van der Waals surface area contributed by atoms with Crippen LogP contribution >= 0.6 is 27.5 Å². The van der Waals surface area contributed by atoms with E-state index in [4.69, 9.17) is 21.1 Å². The van der Waals surface area contributed by atoms with Gasteiger partial charge < -0.3 is 19.7 Å². The molecule has 0 spiro atoms. The summed E-state index contributed by atoms with van der Waals surface area (Å²) in [6.45, 7) is 9.52. The number of aliphatic hydroxyl groups excluding tert-OH is 2. The summed E-state index contributed by atoms with van der Waals surface area (Å²) in [6.07, 6.45) is 1.22. The fraction of sp³-hybridized carbons (Fsp3) is 0.500. The minimum Gasteiger partial charge on any atom is -0.506 e. The summed E-state index contributed by atoms with van der Waals surface area (Å²) in [4.78, 5) is 16.7. The van der Waals surface area contributed by atoms with Crippen LogP contribution in [0, 0.1) is 5.41 Å². The Bertz CT molecular complexity index is 756. The Hall–Kier alpha value is -1.57. The molecule has 28 heavy (non-hydrogen) atoms. The zero-order valence-corrected chi connectivity index (χ0v) is 19.1. The van der Waals surface area contributed by atoms with Gasteiger partial charge in [-0.3, -0.25) is 4.99 Å². The van der Waals surface area contributed by atoms with Gasteiger partial charge in [-0.15, -0.1) is 0 Å². The topological polar surface area (TPSA) is 88.4 Å². The second-order valence-corrected chi connectivity index (χ2v) is 8.32. The average molecular weight is 477 g/mol. The number of aliphatic hydroxyl groups is 2. The van der Waals surface area contributed by atoms with E-state index in [1.54, 1.807) is 19.1 Å². The summed E-state index contributed by atoms with van der Waals surface area (Å²) < 4.78 is 11.1. The predicted molar refractivity (Wildman–Crippen MR) is 115 cm³/mol. The molecule has 0 aliphatic carbocycles. The minimum absolute atomic E-state index is 0.128. The molecule has 0 bridgehead atoms. The molecule has 0 saturated heterocycles. The van der Waals surface area contributed by atoms with E-state index < -0.39 is 12.0 Å². The van der Waals surface area contributed by atoms with Crippen molar-refractivity contribution in [1.29, 1.82) is 0 Å². The fourth-order valence-corrected chi connectivity index (χ4v) is 2.96. The molecule has 1 rings (SSSR count). The number of esters is 1. The molecule has 0 amide bonds. The van der Waals surface area contributed by atoms with Gasteiger partial charge in [0.1, 0.15) is 17.1 Å². The van der Waals surface area contributed by atoms with Crippen LogP contribution in [-0.2, 0) is 9.53 Å². The van der Waals surface area contributed by atoms with Crippen LogP contribution in [0.15, 0.2) is 27.2 Å². The Balaban J connectivity index is 3.56. The van der Waals surface area contributed by atoms with Crippen LogP contribution in [-0.4, -0.2) is 48.3 Å². The van der Waals surface area contributed by atoms with Crippen LogP contribution < -0.4 is 4.74 Å². The highest BCUT2D eigenvalue weighted by Crippen LogP contribution is 2.36. The molecule has 0 heterocycles. The van der Waals surface area contributed by atoms with Crippen molar-refractivity contribution >= 4 is 45.5 Å². The van der Waals surface area contributed by atoms with E-state index in [9.17, 15) is 15.0 Å². The van der Waals surface area contributed by atoms with Crippen LogP contribution in [0.2, 0.25) is 5.02 Å². The van der Waals surface area contributed by atoms with Gasteiger partial charge in [-0.25, -0.2) is 4.79 Å². The van der Waals surface area contributed by atoms with Gasteiger partial charge in [-0.1, -0.05) is 48.3 Å². The predicted octanol–water partition coefficient (Wildman–Crippen LogP) is 4.81. The number of aliphatic imine (C=N–C) groups is 1. The molecule has 0 aromatic heterocycles. The van der Waals surface area contributed by atoms with Crippen LogP contribution in [0.5, 0.6) is 5.75 Å². The van der Waals surface area contributed by atoms with Gasteiger partial charge >= 0.3 is 5.97 Å². The maximum absolute atomic E-state index is 12.4. The van der Waals surface area contributed by atoms with Crippen molar-refractivity contribution in [3.8, 4) is 5.75 Å². The van der Waals surface area contributed by atoms with Gasteiger partial charge in [-0.2, -0.15) is 0 Å². The second kappa shape index (κ2) is 10.8. The van der Waals surface area contributed by atoms with Gasteiger partial charge in [0, 0.05) is 16.3 Å². The molecule has 156 valence electrons. The van der Waals surface area contributed by atoms with Crippen LogP contribution in [0.3, 0.4) is 0 Å². The van der Waals surface area contributed by atoms with Gasteiger partial charge in [0.2, 0.25) is 0 Å². The number of hydrogen-bond donors (Lipinski definition) is 2. The quantitative estimate of drug-likeness (QED) is 0.243. The number of halogens is 2. The molecule has 6 nitrogen and oxygen atoms in total. The Kier molecular flexibility index (Phi) is 9.47. The molecule has 1 aromatic carbocycles. The lowest BCUT2D eigenvalue weighted by molar-refractivity contribution is -0.137. The molecule has 0 saturated carbocycles. The smallest absolute Gasteiger partial charge is 0.343 e. The number of rotatable bonds is 8. The van der Waals surface area contributed by atoms with Crippen LogP contribution in [0.4, 0.5) is 0 Å². The highest BCUT2D eigenvalue weighted by atomic mass is 79.9. The van der Waals surface area contributed by atoms with E-state index in [1.165, 1.54) is 6.21 Å². The molecular weight excluding hydrogens is 450 g/mol. The Labute approximate surface area is 179 Å². The first-order valence-electron chi connectivity index (χ1n) is 8.93. The first-order chi connectivity index (χ1) is 13.1. The van der Waals surface area contributed by atoms with Crippen molar-refractivity contribution in [2.75, 3.05) is 19.8 Å². The van der Waals surface area contributed by atoms with Crippen molar-refractivity contribution in [2.45, 2.75) is 40.7 Å². The molecule has 0 aliphatic rings. The molecule has 8 heteroatoms. The highest BCUT2D eigenvalue weighted by Gasteiger charge is 2.25. The van der Waals surface area contributed by atoms with Crippen molar-refractivity contribution in [1.82, 2.24) is 0 Å². The first-order valence-corrected chi connectivity index (χ1v) is 10.1. The van der Waals surface area contributed by atoms with Crippen molar-refractivity contribution in [3.05, 3.63) is 32.8 Å². The van der Waals surface area contributed by atoms with E-state index in [0.717, 1.165) is 0 Å². The Morgan fingerprint density at radius 1 is 1.32 bits per heavy atom. The average Bonchev–Trinajstić information content (AvgIpc) is 2.60. The molecule has 1 atom stereocenters. The summed E-state index contributed by atoms with van der Waals surface area (Å²) in [5.41, 5.74) is -0.298. The van der Waals surface area contributed by atoms with Gasteiger partial charge in [0.25, 0.3) is 0 Å². The number of hydrogen-bond acceptors (Lipinski definition) is 6. The minimum atomic E-state index is -0.747. The summed E-state index contributed by atoms with van der Waals surface area (Å²) in [5.74, 6) is -0.772. The standard InChI is InChI=1S/C20H27BrClNO5/c1-6-27-15-9-12(21)8-13(17(15)22)18(25)14(19(26)28-7-2)10-23-16(11-24)20(3,4)5/h8-10,16,24-25H,6-7,11H2,1-5H3/b18-14+,23-10?. The maximum Gasteiger partial charge on any atom is 0.343 e. The van der Waals surface area contributed by atoms with E-state index in [1.807, 2.05) is 27.7 Å². The SMILES string of the molecule is CCOC(=O)/C(C=NC(CO)C(C)(C)C)=C(/O)c1cc(Br)cc(OCC)c1Cl. The lowest BCUT2D eigenvalue weighted by Crippen LogP contribution is -2.28. The highest BCUT2D eigenvalue weighted by molar-refractivity contribution is 9.10. The fourth-order valence-electron chi connectivity index (χ4n) is 2.27. The lowest BCUT2D eigenvalue weighted by atomic mass is 9.88. The van der Waals surface area contributed by atoms with Crippen LogP contribution in [0.1, 0.15) is 40.2 Å². The maximum atomic E-state index is 12.4. The molecule has 0 radical (unpaired) electrons. The molecule has 1 unspecified atom stereocenters. The summed E-state index contributed by atoms with van der Waals surface area (Å²) in [7, 11) is 0.